The zero-order valence-corrected chi connectivity index (χ0v) is 10.1. The Hall–Kier alpha value is -1.13. The molecule has 90 valence electrons. The minimum atomic E-state index is 0.303. The van der Waals surface area contributed by atoms with Crippen LogP contribution in [0.3, 0.4) is 0 Å². The van der Waals surface area contributed by atoms with E-state index in [1.807, 2.05) is 19.3 Å². The molecule has 1 rings (SSSR count). The predicted molar refractivity (Wildman–Crippen MR) is 66.5 cm³/mol. The molecule has 1 aromatic rings. The number of nitrogens with one attached hydrogen (secondary N) is 1. The highest BCUT2D eigenvalue weighted by Crippen LogP contribution is 2.11. The van der Waals surface area contributed by atoms with E-state index in [2.05, 4.69) is 16.4 Å². The van der Waals surface area contributed by atoms with Crippen molar-refractivity contribution in [3.63, 3.8) is 0 Å². The van der Waals surface area contributed by atoms with E-state index in [4.69, 9.17) is 10.5 Å². The average molecular weight is 223 g/mol. The summed E-state index contributed by atoms with van der Waals surface area (Å²) in [5, 5.41) is 3.41. The van der Waals surface area contributed by atoms with Crippen molar-refractivity contribution in [3.8, 4) is 0 Å². The van der Waals surface area contributed by atoms with Crippen LogP contribution in [0.25, 0.3) is 0 Å². The molecule has 16 heavy (non-hydrogen) atoms. The van der Waals surface area contributed by atoms with Gasteiger partial charge in [-0.25, -0.2) is 0 Å². The lowest BCUT2D eigenvalue weighted by Crippen LogP contribution is -2.25. The lowest BCUT2D eigenvalue weighted by molar-refractivity contribution is 0.182. The van der Waals surface area contributed by atoms with Gasteiger partial charge in [0.1, 0.15) is 0 Å². The number of anilines is 1. The summed E-state index contributed by atoms with van der Waals surface area (Å²) in [6, 6.07) is 2.38. The van der Waals surface area contributed by atoms with Crippen LogP contribution in [0.4, 0.5) is 5.69 Å². The first-order valence-electron chi connectivity index (χ1n) is 5.63. The van der Waals surface area contributed by atoms with Crippen LogP contribution >= 0.6 is 0 Å². The van der Waals surface area contributed by atoms with Crippen LogP contribution in [0.1, 0.15) is 18.4 Å². The molecule has 4 nitrogen and oxygen atoms in total. The third-order valence-electron chi connectivity index (χ3n) is 2.37. The Morgan fingerprint density at radius 3 is 2.94 bits per heavy atom. The van der Waals surface area contributed by atoms with E-state index in [1.165, 1.54) is 0 Å². The van der Waals surface area contributed by atoms with Crippen LogP contribution in [0.15, 0.2) is 18.5 Å². The molecule has 0 bridgehead atoms. The van der Waals surface area contributed by atoms with Crippen molar-refractivity contribution in [2.75, 3.05) is 25.6 Å². The molecule has 0 spiro atoms. The van der Waals surface area contributed by atoms with Gasteiger partial charge in [-0.3, -0.25) is 4.98 Å². The van der Waals surface area contributed by atoms with Gasteiger partial charge in [0.25, 0.3) is 0 Å². The van der Waals surface area contributed by atoms with Crippen molar-refractivity contribution >= 4 is 5.69 Å². The van der Waals surface area contributed by atoms with E-state index >= 15 is 0 Å². The van der Waals surface area contributed by atoms with Crippen LogP contribution in [0, 0.1) is 6.92 Å². The van der Waals surface area contributed by atoms with Gasteiger partial charge in [0, 0.05) is 25.5 Å². The number of hydrogen-bond acceptors (Lipinski definition) is 4. The van der Waals surface area contributed by atoms with Crippen LogP contribution < -0.4 is 11.1 Å². The molecular weight excluding hydrogens is 202 g/mol. The van der Waals surface area contributed by atoms with Crippen LogP contribution in [0.2, 0.25) is 0 Å². The van der Waals surface area contributed by atoms with E-state index in [0.717, 1.165) is 24.1 Å². The summed E-state index contributed by atoms with van der Waals surface area (Å²) in [5.74, 6) is 0. The van der Waals surface area contributed by atoms with E-state index in [-0.39, 0.29) is 0 Å². The van der Waals surface area contributed by atoms with Gasteiger partial charge < -0.3 is 15.8 Å². The third-order valence-corrected chi connectivity index (χ3v) is 2.37. The molecule has 4 heteroatoms. The summed E-state index contributed by atoms with van der Waals surface area (Å²) >= 11 is 0. The fourth-order valence-electron chi connectivity index (χ4n) is 1.63. The molecule has 3 N–H and O–H groups in total. The fourth-order valence-corrected chi connectivity index (χ4v) is 1.63. The molecule has 0 saturated carbocycles. The summed E-state index contributed by atoms with van der Waals surface area (Å²) in [6.07, 6.45) is 5.69. The molecule has 0 saturated heterocycles. The number of rotatable bonds is 7. The van der Waals surface area contributed by atoms with Crippen LogP contribution in [-0.4, -0.2) is 31.3 Å². The molecule has 0 radical (unpaired) electrons. The largest absolute Gasteiger partial charge is 0.383 e. The first-order valence-corrected chi connectivity index (χ1v) is 5.63. The van der Waals surface area contributed by atoms with E-state index < -0.39 is 0 Å². The number of pyridine rings is 1. The van der Waals surface area contributed by atoms with Gasteiger partial charge in [0.05, 0.1) is 12.3 Å². The van der Waals surface area contributed by atoms with Crippen molar-refractivity contribution in [2.24, 2.45) is 5.73 Å². The van der Waals surface area contributed by atoms with Crippen molar-refractivity contribution in [1.82, 2.24) is 4.98 Å². The number of nitrogens with zero attached hydrogens (tertiary/aromatic N) is 1. The van der Waals surface area contributed by atoms with Crippen molar-refractivity contribution in [2.45, 2.75) is 25.8 Å². The smallest absolute Gasteiger partial charge is 0.0664 e. The number of nitrogens with two attached hydrogens (primary N) is 1. The lowest BCUT2D eigenvalue weighted by Gasteiger charge is -2.18. The zero-order valence-electron chi connectivity index (χ0n) is 10.1. The highest BCUT2D eigenvalue weighted by atomic mass is 16.5. The first kappa shape index (κ1) is 12.9. The average Bonchev–Trinajstić information content (AvgIpc) is 2.26. The maximum absolute atomic E-state index is 5.51. The van der Waals surface area contributed by atoms with Crippen molar-refractivity contribution < 1.29 is 4.74 Å². The van der Waals surface area contributed by atoms with Gasteiger partial charge in [0.15, 0.2) is 0 Å². The van der Waals surface area contributed by atoms with Gasteiger partial charge in [-0.05, 0) is 37.9 Å². The number of methoxy groups -OCH3 is 1. The van der Waals surface area contributed by atoms with Crippen LogP contribution in [0.5, 0.6) is 0 Å². The molecule has 0 aliphatic heterocycles. The highest BCUT2D eigenvalue weighted by molar-refractivity contribution is 5.43. The second-order valence-electron chi connectivity index (χ2n) is 3.98. The van der Waals surface area contributed by atoms with Gasteiger partial charge in [-0.1, -0.05) is 0 Å². The Morgan fingerprint density at radius 2 is 2.31 bits per heavy atom. The number of aromatic nitrogens is 1. The molecule has 1 heterocycles. The monoisotopic (exact) mass is 223 g/mol. The van der Waals surface area contributed by atoms with Gasteiger partial charge in [-0.15, -0.1) is 0 Å². The van der Waals surface area contributed by atoms with E-state index in [0.29, 0.717) is 19.2 Å². The zero-order chi connectivity index (χ0) is 11.8. The molecule has 0 aliphatic carbocycles. The Labute approximate surface area is 97.2 Å². The number of hydrogen-bond donors (Lipinski definition) is 2. The summed E-state index contributed by atoms with van der Waals surface area (Å²) in [5.41, 5.74) is 7.70. The Kier molecular flexibility index (Phi) is 5.82. The molecule has 1 unspecified atom stereocenters. The Balaban J connectivity index is 2.52. The maximum Gasteiger partial charge on any atom is 0.0664 e. The fraction of sp³-hybridized carbons (Fsp3) is 0.583. The summed E-state index contributed by atoms with van der Waals surface area (Å²) in [7, 11) is 1.71. The van der Waals surface area contributed by atoms with Crippen molar-refractivity contribution in [1.29, 1.82) is 0 Å². The molecule has 0 aromatic carbocycles. The maximum atomic E-state index is 5.51. The Morgan fingerprint density at radius 1 is 1.50 bits per heavy atom. The van der Waals surface area contributed by atoms with Crippen molar-refractivity contribution in [3.05, 3.63) is 24.0 Å². The minimum Gasteiger partial charge on any atom is -0.383 e. The van der Waals surface area contributed by atoms with Gasteiger partial charge in [0.2, 0.25) is 0 Å². The molecule has 0 aliphatic rings. The lowest BCUT2D eigenvalue weighted by atomic mass is 10.1. The number of aryl methyl sites for hydroxylation is 1. The standard InChI is InChI=1S/C12H21N3O/c1-10-6-12(8-14-7-10)15-11(9-16-2)4-3-5-13/h6-8,11,15H,3-5,9,13H2,1-2H3. The third kappa shape index (κ3) is 4.59. The van der Waals surface area contributed by atoms with E-state index in [1.54, 1.807) is 7.11 Å². The highest BCUT2D eigenvalue weighted by Gasteiger charge is 2.07. The number of ether oxygens (including phenoxy) is 1. The second-order valence-corrected chi connectivity index (χ2v) is 3.98. The van der Waals surface area contributed by atoms with Gasteiger partial charge >= 0.3 is 0 Å². The summed E-state index contributed by atoms with van der Waals surface area (Å²) in [6.45, 7) is 3.44. The molecule has 1 aromatic heterocycles. The van der Waals surface area contributed by atoms with Crippen LogP contribution in [-0.2, 0) is 4.74 Å². The normalized spacial score (nSPS) is 12.4. The Bertz CT molecular complexity index is 304. The first-order chi connectivity index (χ1) is 7.76. The second kappa shape index (κ2) is 7.19. The summed E-state index contributed by atoms with van der Waals surface area (Å²) < 4.78 is 5.18. The molecule has 0 amide bonds. The molecular formula is C12H21N3O. The summed E-state index contributed by atoms with van der Waals surface area (Å²) in [4.78, 5) is 4.15. The SMILES string of the molecule is COCC(CCCN)Nc1cncc(C)c1. The quantitative estimate of drug-likeness (QED) is 0.736. The molecule has 1 atom stereocenters. The predicted octanol–water partition coefficient (Wildman–Crippen LogP) is 1.56. The minimum absolute atomic E-state index is 0.303. The molecule has 0 fully saturated rings. The van der Waals surface area contributed by atoms with Gasteiger partial charge in [-0.2, -0.15) is 0 Å². The topological polar surface area (TPSA) is 60.2 Å². The van der Waals surface area contributed by atoms with E-state index in [9.17, 15) is 0 Å².